The molecule has 0 aliphatic rings. The smallest absolute Gasteiger partial charge is 0.189 e. The van der Waals surface area contributed by atoms with Gasteiger partial charge in [0.25, 0.3) is 0 Å². The Hall–Kier alpha value is -1.60. The van der Waals surface area contributed by atoms with Crippen molar-refractivity contribution in [3.05, 3.63) is 71.3 Å². The van der Waals surface area contributed by atoms with Crippen LogP contribution in [-0.4, -0.2) is 12.0 Å². The van der Waals surface area contributed by atoms with Gasteiger partial charge in [0.1, 0.15) is 0 Å². The fraction of sp³-hybridized carbons (Fsp3) is 0.350. The predicted molar refractivity (Wildman–Crippen MR) is 115 cm³/mol. The third-order valence-corrected chi connectivity index (χ3v) is 3.84. The highest BCUT2D eigenvalue weighted by molar-refractivity contribution is 14.0. The van der Waals surface area contributed by atoms with Gasteiger partial charge in [0.05, 0.1) is 19.8 Å². The van der Waals surface area contributed by atoms with Gasteiger partial charge in [-0.25, -0.2) is 4.99 Å². The first-order valence-electron chi connectivity index (χ1n) is 8.43. The number of benzene rings is 2. The number of guanidine groups is 1. The maximum Gasteiger partial charge on any atom is 0.189 e. The summed E-state index contributed by atoms with van der Waals surface area (Å²) in [5.74, 6) is 0.500. The van der Waals surface area contributed by atoms with Crippen molar-refractivity contribution in [1.82, 2.24) is 5.32 Å². The summed E-state index contributed by atoms with van der Waals surface area (Å²) in [7, 11) is 0. The molecule has 136 valence electrons. The molecule has 2 aromatic rings. The molecule has 0 saturated carbocycles. The zero-order valence-electron chi connectivity index (χ0n) is 14.9. The van der Waals surface area contributed by atoms with Crippen LogP contribution in [-0.2, 0) is 24.5 Å². The van der Waals surface area contributed by atoms with E-state index in [4.69, 9.17) is 10.5 Å². The van der Waals surface area contributed by atoms with Gasteiger partial charge in [-0.15, -0.1) is 24.0 Å². The molecule has 2 rings (SSSR count). The second kappa shape index (κ2) is 11.9. The molecular formula is C20H28IN3O. The second-order valence-electron chi connectivity index (χ2n) is 5.95. The van der Waals surface area contributed by atoms with Gasteiger partial charge in [-0.2, -0.15) is 0 Å². The van der Waals surface area contributed by atoms with Crippen LogP contribution in [0.4, 0.5) is 0 Å². The van der Waals surface area contributed by atoms with E-state index < -0.39 is 0 Å². The molecule has 0 aromatic heterocycles. The Balaban J connectivity index is 0.00000312. The van der Waals surface area contributed by atoms with Crippen LogP contribution in [0, 0.1) is 0 Å². The van der Waals surface area contributed by atoms with Gasteiger partial charge >= 0.3 is 0 Å². The number of nitrogens with one attached hydrogen (secondary N) is 1. The molecule has 5 heteroatoms. The van der Waals surface area contributed by atoms with Crippen molar-refractivity contribution in [2.75, 3.05) is 0 Å². The minimum Gasteiger partial charge on any atom is -0.372 e. The van der Waals surface area contributed by atoms with Crippen LogP contribution in [0.25, 0.3) is 0 Å². The molecule has 1 unspecified atom stereocenters. The Morgan fingerprint density at radius 2 is 1.56 bits per heavy atom. The first-order chi connectivity index (χ1) is 11.7. The van der Waals surface area contributed by atoms with E-state index >= 15 is 0 Å². The Bertz CT molecular complexity index is 629. The van der Waals surface area contributed by atoms with E-state index in [0.29, 0.717) is 31.8 Å². The van der Waals surface area contributed by atoms with E-state index in [1.807, 2.05) is 18.2 Å². The summed E-state index contributed by atoms with van der Waals surface area (Å²) in [5.41, 5.74) is 9.35. The van der Waals surface area contributed by atoms with Crippen molar-refractivity contribution in [2.45, 2.75) is 46.1 Å². The molecule has 0 radical (unpaired) electrons. The Labute approximate surface area is 167 Å². The molecule has 0 spiro atoms. The Kier molecular flexibility index (Phi) is 10.2. The van der Waals surface area contributed by atoms with Crippen LogP contribution in [0.5, 0.6) is 0 Å². The molecule has 2 aromatic carbocycles. The number of rotatable bonds is 8. The molecule has 0 amide bonds. The summed E-state index contributed by atoms with van der Waals surface area (Å²) in [4.78, 5) is 4.37. The van der Waals surface area contributed by atoms with Crippen LogP contribution in [0.1, 0.15) is 37.0 Å². The lowest BCUT2D eigenvalue weighted by atomic mass is 10.1. The minimum absolute atomic E-state index is 0. The van der Waals surface area contributed by atoms with Crippen molar-refractivity contribution >= 4 is 29.9 Å². The molecule has 0 fully saturated rings. The molecule has 0 aliphatic heterocycles. The van der Waals surface area contributed by atoms with Crippen LogP contribution in [0.3, 0.4) is 0 Å². The average molecular weight is 453 g/mol. The summed E-state index contributed by atoms with van der Waals surface area (Å²) in [6, 6.07) is 18.8. The summed E-state index contributed by atoms with van der Waals surface area (Å²) < 4.78 is 5.74. The van der Waals surface area contributed by atoms with E-state index in [1.54, 1.807) is 0 Å². The molecule has 25 heavy (non-hydrogen) atoms. The highest BCUT2D eigenvalue weighted by Crippen LogP contribution is 2.09. The van der Waals surface area contributed by atoms with Crippen molar-refractivity contribution < 1.29 is 4.74 Å². The van der Waals surface area contributed by atoms with E-state index in [9.17, 15) is 0 Å². The summed E-state index contributed by atoms with van der Waals surface area (Å²) in [5, 5.41) is 3.16. The van der Waals surface area contributed by atoms with Gasteiger partial charge in [-0.3, -0.25) is 0 Å². The number of aliphatic imine (C=N–C) groups is 1. The van der Waals surface area contributed by atoms with E-state index in [0.717, 1.165) is 17.5 Å². The fourth-order valence-corrected chi connectivity index (χ4v) is 2.18. The van der Waals surface area contributed by atoms with Crippen LogP contribution in [0.15, 0.2) is 59.6 Å². The van der Waals surface area contributed by atoms with Gasteiger partial charge in [-0.05, 0) is 30.0 Å². The lowest BCUT2D eigenvalue weighted by Gasteiger charge is -2.11. The lowest BCUT2D eigenvalue weighted by molar-refractivity contribution is 0.107. The van der Waals surface area contributed by atoms with Gasteiger partial charge < -0.3 is 15.8 Å². The van der Waals surface area contributed by atoms with Crippen molar-refractivity contribution in [3.8, 4) is 0 Å². The molecule has 3 N–H and O–H groups in total. The number of hydrogen-bond donors (Lipinski definition) is 2. The minimum atomic E-state index is 0. The molecule has 0 bridgehead atoms. The fourth-order valence-electron chi connectivity index (χ4n) is 2.18. The highest BCUT2D eigenvalue weighted by Gasteiger charge is 2.00. The molecule has 1 atom stereocenters. The first kappa shape index (κ1) is 21.4. The van der Waals surface area contributed by atoms with Crippen molar-refractivity contribution in [3.63, 3.8) is 0 Å². The molecule has 4 nitrogen and oxygen atoms in total. The monoisotopic (exact) mass is 453 g/mol. The predicted octanol–water partition coefficient (Wildman–Crippen LogP) is 4.22. The van der Waals surface area contributed by atoms with Crippen LogP contribution < -0.4 is 11.1 Å². The van der Waals surface area contributed by atoms with Crippen LogP contribution >= 0.6 is 24.0 Å². The van der Waals surface area contributed by atoms with E-state index in [2.05, 4.69) is 60.6 Å². The molecule has 0 aliphatic carbocycles. The molecule has 0 heterocycles. The Morgan fingerprint density at radius 1 is 1.00 bits per heavy atom. The van der Waals surface area contributed by atoms with Crippen molar-refractivity contribution in [1.29, 1.82) is 0 Å². The standard InChI is InChI=1S/C20H27N3O.HI/c1-3-16(2)23-20(21)22-13-17-9-11-19(12-10-17)15-24-14-18-7-5-4-6-8-18;/h4-12,16H,3,13-15H2,1-2H3,(H3,21,22,23);1H. The maximum atomic E-state index is 5.87. The average Bonchev–Trinajstić information content (AvgIpc) is 2.62. The molecular weight excluding hydrogens is 425 g/mol. The molecule has 0 saturated heterocycles. The maximum absolute atomic E-state index is 5.87. The summed E-state index contributed by atoms with van der Waals surface area (Å²) in [6.07, 6.45) is 1.02. The van der Waals surface area contributed by atoms with Crippen molar-refractivity contribution in [2.24, 2.45) is 10.7 Å². The van der Waals surface area contributed by atoms with Gasteiger partial charge in [0, 0.05) is 6.04 Å². The van der Waals surface area contributed by atoms with Crippen LogP contribution in [0.2, 0.25) is 0 Å². The summed E-state index contributed by atoms with van der Waals surface area (Å²) in [6.45, 7) is 6.03. The second-order valence-corrected chi connectivity index (χ2v) is 5.95. The van der Waals surface area contributed by atoms with Gasteiger partial charge in [0.15, 0.2) is 5.96 Å². The largest absolute Gasteiger partial charge is 0.372 e. The number of nitrogens with zero attached hydrogens (tertiary/aromatic N) is 1. The van der Waals surface area contributed by atoms with E-state index in [1.165, 1.54) is 5.56 Å². The number of hydrogen-bond acceptors (Lipinski definition) is 2. The van der Waals surface area contributed by atoms with Gasteiger partial charge in [0.2, 0.25) is 0 Å². The topological polar surface area (TPSA) is 59.6 Å². The normalized spacial score (nSPS) is 12.3. The highest BCUT2D eigenvalue weighted by atomic mass is 127. The van der Waals surface area contributed by atoms with E-state index in [-0.39, 0.29) is 24.0 Å². The lowest BCUT2D eigenvalue weighted by Crippen LogP contribution is -2.38. The third kappa shape index (κ3) is 8.36. The Morgan fingerprint density at radius 3 is 2.16 bits per heavy atom. The quantitative estimate of drug-likeness (QED) is 0.358. The zero-order chi connectivity index (χ0) is 17.2. The number of ether oxygens (including phenoxy) is 1. The third-order valence-electron chi connectivity index (χ3n) is 3.84. The SMILES string of the molecule is CCC(C)NC(N)=NCc1ccc(COCc2ccccc2)cc1.I. The number of halogens is 1. The number of nitrogens with two attached hydrogens (primary N) is 1. The first-order valence-corrected chi connectivity index (χ1v) is 8.43. The summed E-state index contributed by atoms with van der Waals surface area (Å²) >= 11 is 0. The zero-order valence-corrected chi connectivity index (χ0v) is 17.3. The van der Waals surface area contributed by atoms with Gasteiger partial charge in [-0.1, -0.05) is 61.5 Å².